The van der Waals surface area contributed by atoms with Crippen LogP contribution in [0.4, 0.5) is 10.2 Å². The van der Waals surface area contributed by atoms with Gasteiger partial charge in [-0.15, -0.1) is 10.2 Å². The number of benzene rings is 2. The first-order valence-corrected chi connectivity index (χ1v) is 9.97. The fraction of sp³-hybridized carbons (Fsp3) is 0.174. The SMILES string of the molecule is CCOC(=O)c1cnn(-c2nnc(-c3ccc(F)cc3)c3ccccc23)c1/N=C/N(C)C. The van der Waals surface area contributed by atoms with Crippen molar-refractivity contribution in [1.82, 2.24) is 24.9 Å². The van der Waals surface area contributed by atoms with E-state index in [0.717, 1.165) is 16.3 Å². The van der Waals surface area contributed by atoms with Crippen molar-refractivity contribution in [2.75, 3.05) is 20.7 Å². The third-order valence-corrected chi connectivity index (χ3v) is 4.64. The molecule has 2 aromatic carbocycles. The summed E-state index contributed by atoms with van der Waals surface area (Å²) in [7, 11) is 3.64. The molecule has 4 aromatic rings. The topological polar surface area (TPSA) is 85.5 Å². The zero-order valence-electron chi connectivity index (χ0n) is 17.9. The standard InChI is InChI=1S/C23H21FN6O2/c1-4-32-23(31)19-13-26-30(21(19)25-14-29(2)3)22-18-8-6-5-7-17(18)20(27-28-22)15-9-11-16(24)12-10-15/h5-14H,4H2,1-3H3/b25-14+. The normalized spacial score (nSPS) is 11.2. The quantitative estimate of drug-likeness (QED) is 0.260. The number of aliphatic imine (C=N–C) groups is 1. The number of esters is 1. The molecule has 0 amide bonds. The van der Waals surface area contributed by atoms with Gasteiger partial charge in [-0.1, -0.05) is 24.3 Å². The van der Waals surface area contributed by atoms with Crippen LogP contribution < -0.4 is 0 Å². The van der Waals surface area contributed by atoms with Gasteiger partial charge in [0.2, 0.25) is 0 Å². The monoisotopic (exact) mass is 432 g/mol. The summed E-state index contributed by atoms with van der Waals surface area (Å²) >= 11 is 0. The molecule has 0 aliphatic heterocycles. The average molecular weight is 432 g/mol. The Morgan fingerprint density at radius 2 is 1.84 bits per heavy atom. The second-order valence-electron chi connectivity index (χ2n) is 7.15. The third kappa shape index (κ3) is 4.04. The van der Waals surface area contributed by atoms with Crippen molar-refractivity contribution < 1.29 is 13.9 Å². The molecule has 0 atom stereocenters. The van der Waals surface area contributed by atoms with Crippen molar-refractivity contribution in [2.45, 2.75) is 6.92 Å². The van der Waals surface area contributed by atoms with E-state index in [1.807, 2.05) is 38.4 Å². The Labute approximate surface area is 184 Å². The highest BCUT2D eigenvalue weighted by Gasteiger charge is 2.22. The van der Waals surface area contributed by atoms with Crippen LogP contribution in [0.2, 0.25) is 0 Å². The number of carbonyl (C=O) groups is 1. The lowest BCUT2D eigenvalue weighted by atomic mass is 10.0. The Morgan fingerprint density at radius 1 is 1.12 bits per heavy atom. The molecule has 9 heteroatoms. The van der Waals surface area contributed by atoms with Gasteiger partial charge in [-0.05, 0) is 31.2 Å². The molecule has 0 aliphatic rings. The van der Waals surface area contributed by atoms with Crippen LogP contribution in [0.25, 0.3) is 27.8 Å². The molecule has 162 valence electrons. The van der Waals surface area contributed by atoms with Crippen molar-refractivity contribution in [3.05, 3.63) is 66.1 Å². The van der Waals surface area contributed by atoms with E-state index in [4.69, 9.17) is 4.74 Å². The zero-order valence-corrected chi connectivity index (χ0v) is 17.9. The first-order valence-electron chi connectivity index (χ1n) is 9.97. The second kappa shape index (κ2) is 8.93. The van der Waals surface area contributed by atoms with Gasteiger partial charge in [0.15, 0.2) is 11.6 Å². The molecule has 0 saturated carbocycles. The van der Waals surface area contributed by atoms with E-state index in [2.05, 4.69) is 20.3 Å². The molecule has 0 bridgehead atoms. The molecule has 0 fully saturated rings. The van der Waals surface area contributed by atoms with Crippen molar-refractivity contribution in [1.29, 1.82) is 0 Å². The number of halogens is 1. The second-order valence-corrected chi connectivity index (χ2v) is 7.15. The number of fused-ring (bicyclic) bond motifs is 1. The van der Waals surface area contributed by atoms with Crippen LogP contribution in [0.3, 0.4) is 0 Å². The first kappa shape index (κ1) is 21.1. The third-order valence-electron chi connectivity index (χ3n) is 4.64. The van der Waals surface area contributed by atoms with Crippen LogP contribution in [0.1, 0.15) is 17.3 Å². The van der Waals surface area contributed by atoms with E-state index in [0.29, 0.717) is 11.5 Å². The van der Waals surface area contributed by atoms with Gasteiger partial charge >= 0.3 is 5.97 Å². The lowest BCUT2D eigenvalue weighted by molar-refractivity contribution is 0.0527. The summed E-state index contributed by atoms with van der Waals surface area (Å²) in [5.74, 6) is -0.155. The number of nitrogens with zero attached hydrogens (tertiary/aromatic N) is 6. The smallest absolute Gasteiger partial charge is 0.343 e. The summed E-state index contributed by atoms with van der Waals surface area (Å²) in [5.41, 5.74) is 1.57. The predicted molar refractivity (Wildman–Crippen MR) is 120 cm³/mol. The van der Waals surface area contributed by atoms with E-state index in [-0.39, 0.29) is 23.8 Å². The number of hydrogen-bond donors (Lipinski definition) is 0. The highest BCUT2D eigenvalue weighted by Crippen LogP contribution is 2.31. The minimum atomic E-state index is -0.523. The molecular weight excluding hydrogens is 411 g/mol. The average Bonchev–Trinajstić information content (AvgIpc) is 3.21. The summed E-state index contributed by atoms with van der Waals surface area (Å²) in [6.07, 6.45) is 2.98. The molecule has 2 heterocycles. The van der Waals surface area contributed by atoms with Gasteiger partial charge < -0.3 is 9.64 Å². The van der Waals surface area contributed by atoms with E-state index in [1.54, 1.807) is 30.3 Å². The number of ether oxygens (including phenoxy) is 1. The summed E-state index contributed by atoms with van der Waals surface area (Å²) in [6, 6.07) is 13.6. The van der Waals surface area contributed by atoms with E-state index >= 15 is 0 Å². The van der Waals surface area contributed by atoms with Gasteiger partial charge in [0.1, 0.15) is 17.1 Å². The minimum absolute atomic E-state index is 0.221. The maximum absolute atomic E-state index is 13.4. The van der Waals surface area contributed by atoms with Gasteiger partial charge in [-0.25, -0.2) is 14.2 Å². The lowest BCUT2D eigenvalue weighted by Crippen LogP contribution is -2.10. The fourth-order valence-corrected chi connectivity index (χ4v) is 3.21. The van der Waals surface area contributed by atoms with Crippen molar-refractivity contribution >= 4 is 28.9 Å². The van der Waals surface area contributed by atoms with Gasteiger partial charge in [-0.2, -0.15) is 9.78 Å². The van der Waals surface area contributed by atoms with Gasteiger partial charge in [-0.3, -0.25) is 0 Å². The van der Waals surface area contributed by atoms with E-state index in [1.165, 1.54) is 23.0 Å². The molecule has 0 radical (unpaired) electrons. The van der Waals surface area contributed by atoms with E-state index < -0.39 is 5.97 Å². The first-order chi connectivity index (χ1) is 15.5. The van der Waals surface area contributed by atoms with Crippen LogP contribution in [0.15, 0.2) is 59.7 Å². The van der Waals surface area contributed by atoms with Crippen LogP contribution in [0, 0.1) is 5.82 Å². The predicted octanol–water partition coefficient (Wildman–Crippen LogP) is 4.02. The number of hydrogen-bond acceptors (Lipinski definition) is 6. The maximum Gasteiger partial charge on any atom is 0.343 e. The Morgan fingerprint density at radius 3 is 2.53 bits per heavy atom. The Balaban J connectivity index is 1.92. The zero-order chi connectivity index (χ0) is 22.7. The Kier molecular flexibility index (Phi) is 5.89. The summed E-state index contributed by atoms with van der Waals surface area (Å²) in [4.78, 5) is 18.6. The molecule has 0 aliphatic carbocycles. The van der Waals surface area contributed by atoms with Crippen LogP contribution >= 0.6 is 0 Å². The van der Waals surface area contributed by atoms with Crippen LogP contribution in [-0.4, -0.2) is 57.9 Å². The fourth-order valence-electron chi connectivity index (χ4n) is 3.21. The molecule has 0 saturated heterocycles. The number of rotatable bonds is 6. The van der Waals surface area contributed by atoms with Gasteiger partial charge in [0.25, 0.3) is 0 Å². The minimum Gasteiger partial charge on any atom is -0.462 e. The summed E-state index contributed by atoms with van der Waals surface area (Å²) in [5, 5.41) is 14.7. The molecule has 4 rings (SSSR count). The summed E-state index contributed by atoms with van der Waals surface area (Å²) in [6.45, 7) is 1.97. The molecule has 0 N–H and O–H groups in total. The number of carbonyl (C=O) groups excluding carboxylic acids is 1. The van der Waals surface area contributed by atoms with Crippen molar-refractivity contribution in [2.24, 2.45) is 4.99 Å². The highest BCUT2D eigenvalue weighted by molar-refractivity contribution is 5.99. The number of aromatic nitrogens is 4. The van der Waals surface area contributed by atoms with Gasteiger partial charge in [0, 0.05) is 30.4 Å². The van der Waals surface area contributed by atoms with Crippen LogP contribution in [0.5, 0.6) is 0 Å². The lowest BCUT2D eigenvalue weighted by Gasteiger charge is -2.11. The molecule has 0 unspecified atom stereocenters. The maximum atomic E-state index is 13.4. The highest BCUT2D eigenvalue weighted by atomic mass is 19.1. The van der Waals surface area contributed by atoms with Crippen molar-refractivity contribution in [3.63, 3.8) is 0 Å². The Bertz CT molecular complexity index is 1300. The van der Waals surface area contributed by atoms with Gasteiger partial charge in [0.05, 0.1) is 19.1 Å². The molecule has 2 aromatic heterocycles. The van der Waals surface area contributed by atoms with Crippen molar-refractivity contribution in [3.8, 4) is 17.1 Å². The molecule has 8 nitrogen and oxygen atoms in total. The van der Waals surface area contributed by atoms with Crippen LogP contribution in [-0.2, 0) is 4.74 Å². The summed E-state index contributed by atoms with van der Waals surface area (Å²) < 4.78 is 20.0. The Hall–Kier alpha value is -4.14. The largest absolute Gasteiger partial charge is 0.462 e. The van der Waals surface area contributed by atoms with E-state index in [9.17, 15) is 9.18 Å². The molecule has 32 heavy (non-hydrogen) atoms. The molecule has 0 spiro atoms. The molecular formula is C23H21FN6O2.